The molecule has 1 rings (SSSR count). The topological polar surface area (TPSA) is 79.5 Å². The molecular weight excluding hydrogens is 320 g/mol. The molecule has 0 saturated carbocycles. The molecule has 140 valence electrons. The number of aromatic nitrogens is 1. The van der Waals surface area contributed by atoms with Crippen LogP contribution in [0.25, 0.3) is 0 Å². The van der Waals surface area contributed by atoms with Gasteiger partial charge < -0.3 is 14.6 Å². The highest BCUT2D eigenvalue weighted by Gasteiger charge is 2.31. The predicted molar refractivity (Wildman–Crippen MR) is 96.9 cm³/mol. The predicted octanol–water partition coefficient (Wildman–Crippen LogP) is 3.27. The van der Waals surface area contributed by atoms with Gasteiger partial charge in [0, 0.05) is 23.7 Å². The molecule has 0 fully saturated rings. The van der Waals surface area contributed by atoms with Crippen molar-refractivity contribution in [1.82, 2.24) is 9.88 Å². The van der Waals surface area contributed by atoms with Gasteiger partial charge in [0.2, 0.25) is 5.91 Å². The molecule has 0 aliphatic rings. The van der Waals surface area contributed by atoms with Gasteiger partial charge in [-0.2, -0.15) is 0 Å². The molecule has 0 saturated heterocycles. The summed E-state index contributed by atoms with van der Waals surface area (Å²) in [7, 11) is 0. The average Bonchev–Trinajstić information content (AvgIpc) is 2.85. The van der Waals surface area contributed by atoms with Gasteiger partial charge in [0.05, 0.1) is 12.6 Å². The summed E-state index contributed by atoms with van der Waals surface area (Å²) in [5.74, 6) is -0.854. The van der Waals surface area contributed by atoms with E-state index in [1.54, 1.807) is 32.6 Å². The van der Waals surface area contributed by atoms with Gasteiger partial charge in [-0.1, -0.05) is 20.8 Å². The first kappa shape index (κ1) is 20.9. The fraction of sp³-hybridized carbons (Fsp3) is 0.632. The highest BCUT2D eigenvalue weighted by molar-refractivity contribution is 6.06. The number of rotatable bonds is 8. The fourth-order valence-electron chi connectivity index (χ4n) is 2.94. The van der Waals surface area contributed by atoms with E-state index in [9.17, 15) is 14.4 Å². The molecule has 0 radical (unpaired) electrons. The molecule has 0 aliphatic carbocycles. The van der Waals surface area contributed by atoms with E-state index in [0.29, 0.717) is 29.1 Å². The van der Waals surface area contributed by atoms with Crippen molar-refractivity contribution < 1.29 is 19.1 Å². The van der Waals surface area contributed by atoms with Crippen LogP contribution in [0, 0.1) is 19.8 Å². The summed E-state index contributed by atoms with van der Waals surface area (Å²) in [5.41, 5.74) is 1.95. The van der Waals surface area contributed by atoms with Gasteiger partial charge in [0.25, 0.3) is 0 Å². The number of carbonyl (C=O) groups excluding carboxylic acids is 3. The number of nitrogens with zero attached hydrogens (tertiary/aromatic N) is 1. The Morgan fingerprint density at radius 2 is 1.72 bits per heavy atom. The van der Waals surface area contributed by atoms with Crippen LogP contribution in [0.3, 0.4) is 0 Å². The molecule has 25 heavy (non-hydrogen) atoms. The van der Waals surface area contributed by atoms with Crippen molar-refractivity contribution in [1.29, 1.82) is 0 Å². The van der Waals surface area contributed by atoms with Crippen LogP contribution in [-0.4, -0.2) is 46.7 Å². The zero-order valence-electron chi connectivity index (χ0n) is 16.4. The SMILES string of the molecule is CCCN(C(=O)C(C)C)[C@H](C)C(=O)c1c(C)[nH]c(C(=O)OCC)c1C. The van der Waals surface area contributed by atoms with Crippen molar-refractivity contribution in [3.05, 3.63) is 22.5 Å². The third kappa shape index (κ3) is 4.50. The number of aryl methyl sites for hydroxylation is 1. The Hall–Kier alpha value is -2.11. The van der Waals surface area contributed by atoms with E-state index in [0.717, 1.165) is 6.42 Å². The lowest BCUT2D eigenvalue weighted by Gasteiger charge is -2.29. The minimum atomic E-state index is -0.585. The molecule has 0 aliphatic heterocycles. The van der Waals surface area contributed by atoms with Gasteiger partial charge in [-0.05, 0) is 39.7 Å². The number of Topliss-reactive ketones (excluding diaryl/α,β-unsaturated/α-hetero) is 1. The second kappa shape index (κ2) is 8.83. The molecule has 0 unspecified atom stereocenters. The average molecular weight is 350 g/mol. The summed E-state index contributed by atoms with van der Waals surface area (Å²) in [4.78, 5) is 42.1. The number of carbonyl (C=O) groups is 3. The summed E-state index contributed by atoms with van der Waals surface area (Å²) in [5, 5.41) is 0. The third-order valence-electron chi connectivity index (χ3n) is 4.25. The van der Waals surface area contributed by atoms with Crippen LogP contribution in [0.4, 0.5) is 0 Å². The number of ether oxygens (including phenoxy) is 1. The maximum Gasteiger partial charge on any atom is 0.355 e. The molecule has 0 spiro atoms. The Balaban J connectivity index is 3.21. The Labute approximate surface area is 149 Å². The number of H-pyrrole nitrogens is 1. The van der Waals surface area contributed by atoms with Gasteiger partial charge in [-0.3, -0.25) is 9.59 Å². The van der Waals surface area contributed by atoms with Gasteiger partial charge in [0.1, 0.15) is 5.69 Å². The molecule has 6 heteroatoms. The molecule has 1 amide bonds. The van der Waals surface area contributed by atoms with Crippen molar-refractivity contribution in [2.24, 2.45) is 5.92 Å². The van der Waals surface area contributed by atoms with Crippen molar-refractivity contribution in [3.8, 4) is 0 Å². The Morgan fingerprint density at radius 3 is 2.20 bits per heavy atom. The summed E-state index contributed by atoms with van der Waals surface area (Å²) in [6, 6.07) is -0.585. The van der Waals surface area contributed by atoms with Gasteiger partial charge >= 0.3 is 5.97 Å². The van der Waals surface area contributed by atoms with Crippen LogP contribution < -0.4 is 0 Å². The first-order valence-electron chi connectivity index (χ1n) is 8.88. The summed E-state index contributed by atoms with van der Waals surface area (Å²) in [6.45, 7) is 13.4. The Morgan fingerprint density at radius 1 is 1.12 bits per heavy atom. The van der Waals surface area contributed by atoms with E-state index in [1.807, 2.05) is 20.8 Å². The fourth-order valence-corrected chi connectivity index (χ4v) is 2.94. The number of aromatic amines is 1. The van der Waals surface area contributed by atoms with E-state index >= 15 is 0 Å². The molecule has 0 aromatic carbocycles. The van der Waals surface area contributed by atoms with E-state index in [-0.39, 0.29) is 24.2 Å². The van der Waals surface area contributed by atoms with Crippen LogP contribution in [0.15, 0.2) is 0 Å². The number of amides is 1. The number of hydrogen-bond donors (Lipinski definition) is 1. The highest BCUT2D eigenvalue weighted by atomic mass is 16.5. The summed E-state index contributed by atoms with van der Waals surface area (Å²) in [6.07, 6.45) is 0.773. The van der Waals surface area contributed by atoms with Crippen LogP contribution in [0.2, 0.25) is 0 Å². The molecule has 0 bridgehead atoms. The Kier molecular flexibility index (Phi) is 7.39. The molecule has 1 aromatic rings. The van der Waals surface area contributed by atoms with Crippen LogP contribution >= 0.6 is 0 Å². The Bertz CT molecular complexity index is 646. The van der Waals surface area contributed by atoms with E-state index in [1.165, 1.54) is 0 Å². The van der Waals surface area contributed by atoms with Crippen LogP contribution in [0.1, 0.15) is 73.1 Å². The lowest BCUT2D eigenvalue weighted by atomic mass is 9.99. The maximum absolute atomic E-state index is 13.1. The van der Waals surface area contributed by atoms with Gasteiger partial charge in [0.15, 0.2) is 5.78 Å². The molecule has 1 heterocycles. The van der Waals surface area contributed by atoms with Crippen LogP contribution in [-0.2, 0) is 9.53 Å². The standard InChI is InChI=1S/C19H30N2O4/c1-8-10-21(18(23)11(3)4)14(7)17(22)15-12(5)16(20-13(15)6)19(24)25-9-2/h11,14,20H,8-10H2,1-7H3/t14-/m1/s1. The normalized spacial score (nSPS) is 12.2. The molecule has 1 atom stereocenters. The number of ketones is 1. The zero-order valence-corrected chi connectivity index (χ0v) is 16.4. The number of hydrogen-bond acceptors (Lipinski definition) is 4. The lowest BCUT2D eigenvalue weighted by molar-refractivity contribution is -0.135. The largest absolute Gasteiger partial charge is 0.461 e. The molecule has 6 nitrogen and oxygen atoms in total. The van der Waals surface area contributed by atoms with Crippen molar-refractivity contribution in [2.45, 2.75) is 60.9 Å². The van der Waals surface area contributed by atoms with E-state index < -0.39 is 12.0 Å². The number of nitrogens with one attached hydrogen (secondary N) is 1. The smallest absolute Gasteiger partial charge is 0.355 e. The molecular formula is C19H30N2O4. The summed E-state index contributed by atoms with van der Waals surface area (Å²) < 4.78 is 5.03. The second-order valence-electron chi connectivity index (χ2n) is 6.57. The summed E-state index contributed by atoms with van der Waals surface area (Å²) >= 11 is 0. The minimum Gasteiger partial charge on any atom is -0.461 e. The quantitative estimate of drug-likeness (QED) is 0.576. The van der Waals surface area contributed by atoms with Gasteiger partial charge in [-0.15, -0.1) is 0 Å². The minimum absolute atomic E-state index is 0.0424. The van der Waals surface area contributed by atoms with Gasteiger partial charge in [-0.25, -0.2) is 4.79 Å². The highest BCUT2D eigenvalue weighted by Crippen LogP contribution is 2.22. The van der Waals surface area contributed by atoms with Crippen molar-refractivity contribution in [3.63, 3.8) is 0 Å². The molecule has 1 N–H and O–H groups in total. The van der Waals surface area contributed by atoms with Crippen molar-refractivity contribution in [2.75, 3.05) is 13.2 Å². The monoisotopic (exact) mass is 350 g/mol. The number of esters is 1. The maximum atomic E-state index is 13.1. The lowest BCUT2D eigenvalue weighted by Crippen LogP contribution is -2.45. The molecule has 1 aromatic heterocycles. The third-order valence-corrected chi connectivity index (χ3v) is 4.25. The van der Waals surface area contributed by atoms with Crippen molar-refractivity contribution >= 4 is 17.7 Å². The first-order valence-corrected chi connectivity index (χ1v) is 8.88. The first-order chi connectivity index (χ1) is 11.7. The second-order valence-corrected chi connectivity index (χ2v) is 6.57. The van der Waals surface area contributed by atoms with E-state index in [2.05, 4.69) is 4.98 Å². The van der Waals surface area contributed by atoms with Crippen LogP contribution in [0.5, 0.6) is 0 Å². The zero-order chi connectivity index (χ0) is 19.3. The van der Waals surface area contributed by atoms with E-state index in [4.69, 9.17) is 4.74 Å².